The molecule has 0 aromatic heterocycles. The molecule has 14 heteroatoms. The molecule has 0 radical (unpaired) electrons. The lowest BCUT2D eigenvalue weighted by Gasteiger charge is -2.46. The predicted molar refractivity (Wildman–Crippen MR) is 119 cm³/mol. The second kappa shape index (κ2) is 7.85. The molecular weight excluding hydrogens is 470 g/mol. The summed E-state index contributed by atoms with van der Waals surface area (Å²) in [6, 6.07) is 2.42. The molecular formula is C20H22F2N8O3S. The molecule has 0 saturated heterocycles. The topological polar surface area (TPSA) is 145 Å². The summed E-state index contributed by atoms with van der Waals surface area (Å²) in [6.07, 6.45) is 10.9. The zero-order valence-electron chi connectivity index (χ0n) is 17.8. The first-order valence-electron chi connectivity index (χ1n) is 10.5. The summed E-state index contributed by atoms with van der Waals surface area (Å²) in [4.78, 5) is 14.8. The van der Waals surface area contributed by atoms with Gasteiger partial charge in [-0.2, -0.15) is 5.12 Å². The van der Waals surface area contributed by atoms with E-state index in [-0.39, 0.29) is 24.0 Å². The summed E-state index contributed by atoms with van der Waals surface area (Å²) in [5, 5.41) is 20.1. The number of carbonyl (C=O) groups excluding carboxylic acids is 1. The minimum absolute atomic E-state index is 0.00696. The van der Waals surface area contributed by atoms with E-state index in [2.05, 4.69) is 26.4 Å². The molecule has 1 aromatic carbocycles. The van der Waals surface area contributed by atoms with Gasteiger partial charge in [-0.1, -0.05) is 5.22 Å². The first-order chi connectivity index (χ1) is 16.1. The van der Waals surface area contributed by atoms with Crippen LogP contribution in [0.1, 0.15) is 12.8 Å². The third kappa shape index (κ3) is 3.82. The van der Waals surface area contributed by atoms with E-state index < -0.39 is 38.8 Å². The highest BCUT2D eigenvalue weighted by Crippen LogP contribution is 2.43. The smallest absolute Gasteiger partial charge is 0.254 e. The second-order valence-electron chi connectivity index (χ2n) is 8.39. The Hall–Kier alpha value is -3.36. The summed E-state index contributed by atoms with van der Waals surface area (Å²) in [6.45, 7) is -0.00696. The van der Waals surface area contributed by atoms with Crippen LogP contribution >= 0.6 is 0 Å². The Morgan fingerprint density at radius 2 is 1.97 bits per heavy atom. The van der Waals surface area contributed by atoms with E-state index in [1.807, 2.05) is 0 Å². The van der Waals surface area contributed by atoms with Crippen molar-refractivity contribution in [2.45, 2.75) is 30.1 Å². The van der Waals surface area contributed by atoms with Gasteiger partial charge < -0.3 is 15.5 Å². The summed E-state index contributed by atoms with van der Waals surface area (Å²) in [7, 11) is -3.67. The maximum atomic E-state index is 14.9. The molecule has 5 N–H and O–H groups in total. The molecule has 5 rings (SSSR count). The fourth-order valence-corrected chi connectivity index (χ4v) is 4.27. The average molecular weight is 493 g/mol. The molecule has 2 aliphatic carbocycles. The van der Waals surface area contributed by atoms with Gasteiger partial charge in [0.15, 0.2) is 17.2 Å². The number of hydrazine groups is 1. The highest BCUT2D eigenvalue weighted by molar-refractivity contribution is 7.89. The van der Waals surface area contributed by atoms with Crippen molar-refractivity contribution in [3.8, 4) is 0 Å². The van der Waals surface area contributed by atoms with Gasteiger partial charge in [0.1, 0.15) is 5.69 Å². The Kier molecular flexibility index (Phi) is 5.18. The molecule has 180 valence electrons. The van der Waals surface area contributed by atoms with Gasteiger partial charge in [-0.25, -0.2) is 27.8 Å². The number of carbonyl (C=O) groups is 1. The van der Waals surface area contributed by atoms with E-state index in [0.29, 0.717) is 5.69 Å². The molecule has 2 heterocycles. The number of fused-ring (bicyclic) bond motifs is 1. The van der Waals surface area contributed by atoms with Crippen molar-refractivity contribution in [3.05, 3.63) is 60.5 Å². The standard InChI is InChI=1S/C20H22F2N8O3S/c21-14-3-4-15-17(16(14)22)29(11-9-24-15)19(18(31)26-13-1-2-13)5-7-20(8-6-19)27-28-30(20)25-10-12-34(23,32)33/h3-9,11,13,24-25H,1-2,10,12H2,(H,26,31)(H2,23,32,33). The number of sulfonamides is 1. The minimum Gasteiger partial charge on any atom is -0.359 e. The van der Waals surface area contributed by atoms with Crippen molar-refractivity contribution >= 4 is 27.3 Å². The number of primary sulfonamides is 1. The summed E-state index contributed by atoms with van der Waals surface area (Å²) < 4.78 is 51.5. The molecule has 0 atom stereocenters. The van der Waals surface area contributed by atoms with E-state index in [1.165, 1.54) is 28.5 Å². The van der Waals surface area contributed by atoms with Crippen LogP contribution in [0.4, 0.5) is 20.2 Å². The molecule has 1 spiro atoms. The van der Waals surface area contributed by atoms with Crippen molar-refractivity contribution in [2.24, 2.45) is 15.5 Å². The third-order valence-corrected chi connectivity index (χ3v) is 6.67. The Morgan fingerprint density at radius 3 is 2.59 bits per heavy atom. The molecule has 1 saturated carbocycles. The molecule has 1 aromatic rings. The van der Waals surface area contributed by atoms with Crippen LogP contribution in [0.25, 0.3) is 0 Å². The van der Waals surface area contributed by atoms with Crippen LogP contribution in [-0.2, 0) is 14.8 Å². The van der Waals surface area contributed by atoms with Crippen LogP contribution in [0.2, 0.25) is 0 Å². The van der Waals surface area contributed by atoms with Gasteiger partial charge in [-0.05, 0) is 49.3 Å². The molecule has 34 heavy (non-hydrogen) atoms. The lowest BCUT2D eigenvalue weighted by Crippen LogP contribution is -2.61. The Morgan fingerprint density at radius 1 is 1.24 bits per heavy atom. The van der Waals surface area contributed by atoms with Gasteiger partial charge in [0.25, 0.3) is 5.91 Å². The lowest BCUT2D eigenvalue weighted by molar-refractivity contribution is -0.123. The van der Waals surface area contributed by atoms with Crippen LogP contribution in [0.5, 0.6) is 0 Å². The largest absolute Gasteiger partial charge is 0.359 e. The zero-order chi connectivity index (χ0) is 24.1. The van der Waals surface area contributed by atoms with Crippen LogP contribution in [-0.4, -0.2) is 49.0 Å². The average Bonchev–Trinajstić information content (AvgIpc) is 3.61. The molecule has 1 fully saturated rings. The summed E-state index contributed by atoms with van der Waals surface area (Å²) >= 11 is 0. The summed E-state index contributed by atoms with van der Waals surface area (Å²) in [5.41, 5.74) is 0.370. The van der Waals surface area contributed by atoms with Crippen molar-refractivity contribution in [2.75, 3.05) is 22.5 Å². The lowest BCUT2D eigenvalue weighted by atomic mass is 9.86. The maximum absolute atomic E-state index is 14.9. The number of rotatable bonds is 7. The highest BCUT2D eigenvalue weighted by atomic mass is 32.2. The van der Waals surface area contributed by atoms with E-state index in [9.17, 15) is 22.0 Å². The number of halogens is 2. The molecule has 0 bridgehead atoms. The van der Waals surface area contributed by atoms with E-state index in [0.717, 1.165) is 18.9 Å². The predicted octanol–water partition coefficient (Wildman–Crippen LogP) is 0.984. The number of nitrogens with one attached hydrogen (secondary N) is 3. The Labute approximate surface area is 194 Å². The molecule has 2 aliphatic heterocycles. The van der Waals surface area contributed by atoms with Crippen molar-refractivity contribution < 1.29 is 22.0 Å². The van der Waals surface area contributed by atoms with Gasteiger partial charge in [0.05, 0.1) is 11.4 Å². The van der Waals surface area contributed by atoms with Gasteiger partial charge in [0, 0.05) is 25.0 Å². The molecule has 1 amide bonds. The number of benzene rings is 1. The van der Waals surface area contributed by atoms with Crippen LogP contribution < -0.4 is 26.1 Å². The van der Waals surface area contributed by atoms with Crippen LogP contribution in [0.3, 0.4) is 0 Å². The number of hydrogen-bond acceptors (Lipinski definition) is 9. The third-order valence-electron chi connectivity index (χ3n) is 5.89. The van der Waals surface area contributed by atoms with Gasteiger partial charge in [-0.3, -0.25) is 4.79 Å². The van der Waals surface area contributed by atoms with Crippen molar-refractivity contribution in [3.63, 3.8) is 0 Å². The van der Waals surface area contributed by atoms with Gasteiger partial charge in [0.2, 0.25) is 15.7 Å². The van der Waals surface area contributed by atoms with E-state index in [1.54, 1.807) is 24.3 Å². The monoisotopic (exact) mass is 492 g/mol. The minimum atomic E-state index is -3.67. The first-order valence-corrected chi connectivity index (χ1v) is 12.2. The second-order valence-corrected chi connectivity index (χ2v) is 10.1. The van der Waals surface area contributed by atoms with Crippen molar-refractivity contribution in [1.29, 1.82) is 0 Å². The SMILES string of the molecule is NS(=O)(=O)CCNN1N=NC12C=CC(C(=O)NC1CC1)(N1C=CNc3ccc(F)c(F)c31)C=C2. The number of nitrogens with zero attached hydrogens (tertiary/aromatic N) is 4. The van der Waals surface area contributed by atoms with Gasteiger partial charge >= 0.3 is 0 Å². The fourth-order valence-electron chi connectivity index (χ4n) is 3.89. The fraction of sp³-hybridized carbons (Fsp3) is 0.350. The highest BCUT2D eigenvalue weighted by Gasteiger charge is 2.50. The number of nitrogens with two attached hydrogens (primary N) is 1. The zero-order valence-corrected chi connectivity index (χ0v) is 18.6. The van der Waals surface area contributed by atoms with E-state index in [4.69, 9.17) is 5.14 Å². The molecule has 11 nitrogen and oxygen atoms in total. The number of amides is 1. The Balaban J connectivity index is 1.48. The molecule has 0 unspecified atom stereocenters. The van der Waals surface area contributed by atoms with Crippen LogP contribution in [0.15, 0.2) is 59.2 Å². The summed E-state index contributed by atoms with van der Waals surface area (Å²) in [5.74, 6) is -2.87. The van der Waals surface area contributed by atoms with Gasteiger partial charge in [-0.15, -0.1) is 5.11 Å². The quantitative estimate of drug-likeness (QED) is 0.415. The first kappa shape index (κ1) is 22.4. The molecule has 4 aliphatic rings. The van der Waals surface area contributed by atoms with Crippen molar-refractivity contribution in [1.82, 2.24) is 15.9 Å². The van der Waals surface area contributed by atoms with E-state index >= 15 is 0 Å². The Bertz CT molecular complexity index is 1240. The number of hydrogen-bond donors (Lipinski definition) is 4. The maximum Gasteiger partial charge on any atom is 0.254 e. The van der Waals surface area contributed by atoms with Crippen LogP contribution in [0, 0.1) is 11.6 Å². The normalized spacial score (nSPS) is 26.9. The number of anilines is 2.